The van der Waals surface area contributed by atoms with Crippen molar-refractivity contribution in [1.29, 1.82) is 0 Å². The molecule has 0 saturated carbocycles. The van der Waals surface area contributed by atoms with Crippen LogP contribution in [0, 0.1) is 20.8 Å². The fourth-order valence-corrected chi connectivity index (χ4v) is 2.75. The molecule has 6 nitrogen and oxygen atoms in total. The monoisotopic (exact) mass is 307 g/mol. The highest BCUT2D eigenvalue weighted by atomic mass is 16.5. The van der Waals surface area contributed by atoms with Gasteiger partial charge in [0, 0.05) is 12.0 Å². The number of carboxylic acid groups (broad SMARTS) is 1. The summed E-state index contributed by atoms with van der Waals surface area (Å²) in [5.41, 5.74) is 2.10. The van der Waals surface area contributed by atoms with Crippen LogP contribution in [0.5, 0.6) is 11.5 Å². The van der Waals surface area contributed by atoms with Crippen molar-refractivity contribution in [1.82, 2.24) is 5.32 Å². The highest BCUT2D eigenvalue weighted by Crippen LogP contribution is 2.43. The summed E-state index contributed by atoms with van der Waals surface area (Å²) in [5, 5.41) is 21.2. The van der Waals surface area contributed by atoms with E-state index in [0.29, 0.717) is 18.6 Å². The second kappa shape index (κ2) is 5.51. The van der Waals surface area contributed by atoms with Crippen LogP contribution in [0.15, 0.2) is 0 Å². The molecule has 1 heterocycles. The summed E-state index contributed by atoms with van der Waals surface area (Å²) in [4.78, 5) is 22.8. The van der Waals surface area contributed by atoms with Gasteiger partial charge in [0.05, 0.1) is 0 Å². The fourth-order valence-electron chi connectivity index (χ4n) is 2.75. The molecule has 3 N–H and O–H groups in total. The van der Waals surface area contributed by atoms with Crippen molar-refractivity contribution in [2.24, 2.45) is 0 Å². The average molecular weight is 307 g/mol. The zero-order valence-electron chi connectivity index (χ0n) is 13.2. The largest absolute Gasteiger partial charge is 0.507 e. The highest BCUT2D eigenvalue weighted by Gasteiger charge is 2.40. The first-order chi connectivity index (χ1) is 10.2. The number of hydrogen-bond acceptors (Lipinski definition) is 4. The van der Waals surface area contributed by atoms with Gasteiger partial charge in [-0.05, 0) is 50.8 Å². The molecule has 1 aromatic rings. The Morgan fingerprint density at radius 1 is 1.23 bits per heavy atom. The van der Waals surface area contributed by atoms with E-state index < -0.39 is 24.0 Å². The summed E-state index contributed by atoms with van der Waals surface area (Å²) in [5.74, 6) is -0.657. The van der Waals surface area contributed by atoms with Gasteiger partial charge in [0.15, 0.2) is 5.60 Å². The van der Waals surface area contributed by atoms with Gasteiger partial charge in [-0.15, -0.1) is 0 Å². The molecule has 0 aromatic heterocycles. The Balaban J connectivity index is 2.35. The molecule has 2 rings (SSSR count). The normalized spacial score (nSPS) is 20.0. The predicted octanol–water partition coefficient (Wildman–Crippen LogP) is 1.60. The molecule has 0 radical (unpaired) electrons. The van der Waals surface area contributed by atoms with Crippen LogP contribution >= 0.6 is 0 Å². The quantitative estimate of drug-likeness (QED) is 0.788. The van der Waals surface area contributed by atoms with Crippen LogP contribution in [0.1, 0.15) is 35.6 Å². The lowest BCUT2D eigenvalue weighted by molar-refractivity contribution is -0.142. The minimum atomic E-state index is -1.11. The van der Waals surface area contributed by atoms with E-state index in [2.05, 4.69) is 5.32 Å². The lowest BCUT2D eigenvalue weighted by atomic mass is 9.86. The minimum absolute atomic E-state index is 0.263. The fraction of sp³-hybridized carbons (Fsp3) is 0.500. The number of aromatic hydroxyl groups is 1. The number of hydrogen-bond donors (Lipinski definition) is 3. The standard InChI is InChI=1S/C16H21NO5/c1-8-9(2)14-11(10(3)13(8)20)5-6-16(4,22-14)15(21)17-7-12(18)19/h20H,5-7H2,1-4H3,(H,17,21)(H,18,19). The zero-order valence-corrected chi connectivity index (χ0v) is 13.2. The van der Waals surface area contributed by atoms with Gasteiger partial charge in [-0.2, -0.15) is 0 Å². The SMILES string of the molecule is Cc1c(C)c2c(c(C)c1O)CCC(C)(C(=O)NCC(=O)O)O2. The zero-order chi connectivity index (χ0) is 16.7. The van der Waals surface area contributed by atoms with Crippen molar-refractivity contribution in [3.8, 4) is 11.5 Å². The van der Waals surface area contributed by atoms with Crippen molar-refractivity contribution < 1.29 is 24.5 Å². The van der Waals surface area contributed by atoms with Gasteiger partial charge in [0.1, 0.15) is 18.0 Å². The van der Waals surface area contributed by atoms with Crippen LogP contribution in [-0.2, 0) is 16.0 Å². The molecule has 1 atom stereocenters. The lowest BCUT2D eigenvalue weighted by Crippen LogP contribution is -2.52. The van der Waals surface area contributed by atoms with E-state index in [9.17, 15) is 14.7 Å². The van der Waals surface area contributed by atoms with E-state index in [4.69, 9.17) is 9.84 Å². The van der Waals surface area contributed by atoms with E-state index in [-0.39, 0.29) is 5.75 Å². The van der Waals surface area contributed by atoms with Gasteiger partial charge in [0.2, 0.25) is 0 Å². The maximum atomic E-state index is 12.2. The van der Waals surface area contributed by atoms with Crippen molar-refractivity contribution in [2.75, 3.05) is 6.54 Å². The Kier molecular flexibility index (Phi) is 4.04. The van der Waals surface area contributed by atoms with Crippen LogP contribution in [0.3, 0.4) is 0 Å². The van der Waals surface area contributed by atoms with Gasteiger partial charge >= 0.3 is 5.97 Å². The van der Waals surface area contributed by atoms with Crippen LogP contribution in [0.25, 0.3) is 0 Å². The third-order valence-corrected chi connectivity index (χ3v) is 4.40. The molecule has 1 aromatic carbocycles. The molecule has 0 bridgehead atoms. The summed E-state index contributed by atoms with van der Waals surface area (Å²) in [6.07, 6.45) is 1.01. The molecule has 0 saturated heterocycles. The minimum Gasteiger partial charge on any atom is -0.507 e. The topological polar surface area (TPSA) is 95.9 Å². The first kappa shape index (κ1) is 16.1. The van der Waals surface area contributed by atoms with E-state index in [1.54, 1.807) is 13.8 Å². The number of benzene rings is 1. The number of rotatable bonds is 3. The number of carbonyl (C=O) groups is 2. The van der Waals surface area contributed by atoms with Crippen LogP contribution in [0.4, 0.5) is 0 Å². The Labute approximate surface area is 129 Å². The van der Waals surface area contributed by atoms with Crippen molar-refractivity contribution in [3.05, 3.63) is 22.3 Å². The van der Waals surface area contributed by atoms with E-state index in [0.717, 1.165) is 22.3 Å². The van der Waals surface area contributed by atoms with Crippen molar-refractivity contribution in [2.45, 2.75) is 46.1 Å². The second-order valence-corrected chi connectivity index (χ2v) is 5.94. The highest BCUT2D eigenvalue weighted by molar-refractivity contribution is 5.88. The van der Waals surface area contributed by atoms with E-state index >= 15 is 0 Å². The summed E-state index contributed by atoms with van der Waals surface area (Å²) < 4.78 is 5.94. The summed E-state index contributed by atoms with van der Waals surface area (Å²) in [6.45, 7) is 6.70. The predicted molar refractivity (Wildman–Crippen MR) is 80.3 cm³/mol. The first-order valence-electron chi connectivity index (χ1n) is 7.18. The smallest absolute Gasteiger partial charge is 0.322 e. The number of carbonyl (C=O) groups excluding carboxylic acids is 1. The van der Waals surface area contributed by atoms with Gasteiger partial charge in [-0.25, -0.2) is 0 Å². The van der Waals surface area contributed by atoms with Gasteiger partial charge in [0.25, 0.3) is 5.91 Å². The van der Waals surface area contributed by atoms with E-state index in [1.165, 1.54) is 0 Å². The second-order valence-electron chi connectivity index (χ2n) is 5.94. The molecule has 1 aliphatic rings. The van der Waals surface area contributed by atoms with Crippen LogP contribution < -0.4 is 10.1 Å². The molecule has 0 fully saturated rings. The van der Waals surface area contributed by atoms with Crippen molar-refractivity contribution in [3.63, 3.8) is 0 Å². The van der Waals surface area contributed by atoms with Gasteiger partial charge in [-0.1, -0.05) is 0 Å². The summed E-state index contributed by atoms with van der Waals surface area (Å²) >= 11 is 0. The Hall–Kier alpha value is -2.24. The van der Waals surface area contributed by atoms with Gasteiger partial charge in [-0.3, -0.25) is 9.59 Å². The van der Waals surface area contributed by atoms with Crippen LogP contribution in [0.2, 0.25) is 0 Å². The third-order valence-electron chi connectivity index (χ3n) is 4.40. The molecule has 1 amide bonds. The molecular weight excluding hydrogens is 286 g/mol. The summed E-state index contributed by atoms with van der Waals surface area (Å²) in [7, 11) is 0. The number of carboxylic acids is 1. The molecule has 22 heavy (non-hydrogen) atoms. The Morgan fingerprint density at radius 2 is 1.86 bits per heavy atom. The Morgan fingerprint density at radius 3 is 2.45 bits per heavy atom. The van der Waals surface area contributed by atoms with E-state index in [1.807, 2.05) is 13.8 Å². The maximum absolute atomic E-state index is 12.2. The number of phenols is 1. The summed E-state index contributed by atoms with van der Waals surface area (Å²) in [6, 6.07) is 0. The molecule has 1 unspecified atom stereocenters. The number of fused-ring (bicyclic) bond motifs is 1. The number of ether oxygens (including phenoxy) is 1. The van der Waals surface area contributed by atoms with Gasteiger partial charge < -0.3 is 20.3 Å². The number of amides is 1. The third kappa shape index (κ3) is 2.61. The Bertz CT molecular complexity index is 653. The molecule has 0 aliphatic carbocycles. The van der Waals surface area contributed by atoms with Crippen LogP contribution in [-0.4, -0.2) is 34.2 Å². The molecule has 0 spiro atoms. The molecule has 120 valence electrons. The number of aliphatic carboxylic acids is 1. The molecule has 6 heteroatoms. The number of nitrogens with one attached hydrogen (secondary N) is 1. The maximum Gasteiger partial charge on any atom is 0.322 e. The average Bonchev–Trinajstić information content (AvgIpc) is 2.48. The van der Waals surface area contributed by atoms with Crippen molar-refractivity contribution >= 4 is 11.9 Å². The molecule has 1 aliphatic heterocycles. The first-order valence-corrected chi connectivity index (χ1v) is 7.18. The lowest BCUT2D eigenvalue weighted by Gasteiger charge is -2.36. The number of phenolic OH excluding ortho intramolecular Hbond substituents is 1. The molecular formula is C16H21NO5.